The molecule has 1 saturated heterocycles. The minimum atomic E-state index is -0.414. The van der Waals surface area contributed by atoms with Crippen LogP contribution in [0.1, 0.15) is 39.2 Å². The van der Waals surface area contributed by atoms with Crippen LogP contribution >= 0.6 is 24.0 Å². The number of ether oxygens (including phenoxy) is 1. The first-order chi connectivity index (χ1) is 13.4. The Hall–Kier alpha value is -2.11. The Balaban J connectivity index is 0.00000420. The molecule has 0 spiro atoms. The lowest BCUT2D eigenvalue weighted by Gasteiger charge is -2.32. The summed E-state index contributed by atoms with van der Waals surface area (Å²) in [5, 5.41) is 17.5. The molecule has 0 aliphatic carbocycles. The Kier molecular flexibility index (Phi) is 10.7. The molecule has 9 nitrogen and oxygen atoms in total. The molecule has 0 unspecified atom stereocenters. The normalized spacial score (nSPS) is 14.9. The number of piperidine rings is 1. The van der Waals surface area contributed by atoms with Crippen LogP contribution in [0.15, 0.2) is 29.3 Å². The van der Waals surface area contributed by atoms with Crippen LogP contribution in [0.3, 0.4) is 0 Å². The van der Waals surface area contributed by atoms with Crippen molar-refractivity contribution in [1.82, 2.24) is 15.5 Å². The van der Waals surface area contributed by atoms with Gasteiger partial charge < -0.3 is 20.3 Å². The fourth-order valence-corrected chi connectivity index (χ4v) is 2.91. The highest BCUT2D eigenvalue weighted by Crippen LogP contribution is 2.13. The van der Waals surface area contributed by atoms with Crippen LogP contribution in [0.2, 0.25) is 0 Å². The molecule has 1 aromatic carbocycles. The van der Waals surface area contributed by atoms with Crippen LogP contribution < -0.4 is 10.6 Å². The Bertz CT molecular complexity index is 688. The van der Waals surface area contributed by atoms with Crippen LogP contribution in [-0.4, -0.2) is 53.7 Å². The molecule has 162 valence electrons. The van der Waals surface area contributed by atoms with Gasteiger partial charge in [0.05, 0.1) is 18.1 Å². The molecule has 0 aromatic heterocycles. The Morgan fingerprint density at radius 3 is 2.45 bits per heavy atom. The number of benzene rings is 1. The van der Waals surface area contributed by atoms with Gasteiger partial charge in [0.1, 0.15) is 0 Å². The number of guanidine groups is 1. The standard InChI is InChI=1S/C19H29N5O4.HI/c1-4-28-19(25)23-11-9-16(10-12-23)22-18(21-14(2)3)20-13-15-5-7-17(8-6-15)24(26)27;/h5-8,14,16H,4,9-13H2,1-3H3,(H2,20,21,22);1H. The van der Waals surface area contributed by atoms with E-state index in [0.29, 0.717) is 32.2 Å². The van der Waals surface area contributed by atoms with Crippen molar-refractivity contribution in [2.45, 2.75) is 52.2 Å². The van der Waals surface area contributed by atoms with Gasteiger partial charge in [-0.25, -0.2) is 9.79 Å². The van der Waals surface area contributed by atoms with Gasteiger partial charge in [-0.3, -0.25) is 10.1 Å². The number of carbonyl (C=O) groups excluding carboxylic acids is 1. The van der Waals surface area contributed by atoms with Gasteiger partial charge in [-0.2, -0.15) is 0 Å². The number of carbonyl (C=O) groups is 1. The summed E-state index contributed by atoms with van der Waals surface area (Å²) < 4.78 is 5.05. The Morgan fingerprint density at radius 2 is 1.93 bits per heavy atom. The third kappa shape index (κ3) is 8.42. The predicted molar refractivity (Wildman–Crippen MR) is 123 cm³/mol. The van der Waals surface area contributed by atoms with Gasteiger partial charge in [0.25, 0.3) is 5.69 Å². The van der Waals surface area contributed by atoms with E-state index in [2.05, 4.69) is 15.6 Å². The molecule has 2 rings (SSSR count). The minimum absolute atomic E-state index is 0. The zero-order chi connectivity index (χ0) is 20.5. The van der Waals surface area contributed by atoms with Crippen molar-refractivity contribution >= 4 is 41.7 Å². The summed E-state index contributed by atoms with van der Waals surface area (Å²) in [5.41, 5.74) is 0.965. The largest absolute Gasteiger partial charge is 0.450 e. The van der Waals surface area contributed by atoms with Gasteiger partial charge >= 0.3 is 6.09 Å². The van der Waals surface area contributed by atoms with Crippen LogP contribution in [0.25, 0.3) is 0 Å². The van der Waals surface area contributed by atoms with Crippen LogP contribution in [0, 0.1) is 10.1 Å². The molecule has 1 fully saturated rings. The summed E-state index contributed by atoms with van der Waals surface area (Å²) in [5.74, 6) is 0.697. The first-order valence-corrected chi connectivity index (χ1v) is 9.61. The maximum Gasteiger partial charge on any atom is 0.409 e. The molecule has 1 aromatic rings. The van der Waals surface area contributed by atoms with E-state index in [1.807, 2.05) is 13.8 Å². The number of nitrogens with zero attached hydrogens (tertiary/aromatic N) is 3. The SMILES string of the molecule is CCOC(=O)N1CCC(NC(=NCc2ccc([N+](=O)[O-])cc2)NC(C)C)CC1.I. The third-order valence-electron chi connectivity index (χ3n) is 4.35. The zero-order valence-electron chi connectivity index (χ0n) is 17.1. The maximum atomic E-state index is 11.8. The van der Waals surface area contributed by atoms with Crippen molar-refractivity contribution in [2.75, 3.05) is 19.7 Å². The summed E-state index contributed by atoms with van der Waals surface area (Å²) in [7, 11) is 0. The van der Waals surface area contributed by atoms with Crippen molar-refractivity contribution < 1.29 is 14.5 Å². The van der Waals surface area contributed by atoms with Gasteiger partial charge in [0.15, 0.2) is 5.96 Å². The van der Waals surface area contributed by atoms with Gasteiger partial charge in [-0.15, -0.1) is 24.0 Å². The molecule has 0 radical (unpaired) electrons. The molecule has 29 heavy (non-hydrogen) atoms. The highest BCUT2D eigenvalue weighted by Gasteiger charge is 2.24. The molecule has 1 heterocycles. The van der Waals surface area contributed by atoms with E-state index in [-0.39, 0.29) is 47.8 Å². The molecule has 0 atom stereocenters. The van der Waals surface area contributed by atoms with E-state index in [4.69, 9.17) is 4.74 Å². The van der Waals surface area contributed by atoms with Crippen molar-refractivity contribution in [3.8, 4) is 0 Å². The molecule has 10 heteroatoms. The number of likely N-dealkylation sites (tertiary alicyclic amines) is 1. The Labute approximate surface area is 188 Å². The highest BCUT2D eigenvalue weighted by atomic mass is 127. The summed E-state index contributed by atoms with van der Waals surface area (Å²) in [6.45, 7) is 7.97. The van der Waals surface area contributed by atoms with E-state index in [1.165, 1.54) is 12.1 Å². The smallest absolute Gasteiger partial charge is 0.409 e. The number of hydrogen-bond acceptors (Lipinski definition) is 5. The van der Waals surface area contributed by atoms with Gasteiger partial charge in [-0.1, -0.05) is 12.1 Å². The number of non-ortho nitro benzene ring substituents is 1. The van der Waals surface area contributed by atoms with Crippen LogP contribution in [-0.2, 0) is 11.3 Å². The molecular weight excluding hydrogens is 489 g/mol. The number of nitro groups is 1. The van der Waals surface area contributed by atoms with Crippen LogP contribution in [0.4, 0.5) is 10.5 Å². The lowest BCUT2D eigenvalue weighted by atomic mass is 10.1. The van der Waals surface area contributed by atoms with E-state index >= 15 is 0 Å². The Morgan fingerprint density at radius 1 is 1.31 bits per heavy atom. The highest BCUT2D eigenvalue weighted by molar-refractivity contribution is 14.0. The average Bonchev–Trinajstić information content (AvgIpc) is 2.66. The molecule has 1 aliphatic heterocycles. The summed E-state index contributed by atoms with van der Waals surface area (Å²) >= 11 is 0. The number of rotatable bonds is 6. The predicted octanol–water partition coefficient (Wildman–Crippen LogP) is 3.28. The molecule has 0 bridgehead atoms. The van der Waals surface area contributed by atoms with Crippen molar-refractivity contribution in [3.63, 3.8) is 0 Å². The lowest BCUT2D eigenvalue weighted by molar-refractivity contribution is -0.384. The molecule has 1 amide bonds. The van der Waals surface area contributed by atoms with Gasteiger partial charge in [0, 0.05) is 37.3 Å². The average molecular weight is 519 g/mol. The van der Waals surface area contributed by atoms with E-state index in [1.54, 1.807) is 24.0 Å². The second kappa shape index (κ2) is 12.5. The second-order valence-corrected chi connectivity index (χ2v) is 6.99. The maximum absolute atomic E-state index is 11.8. The molecule has 2 N–H and O–H groups in total. The van der Waals surface area contributed by atoms with Gasteiger partial charge in [0.2, 0.25) is 0 Å². The van der Waals surface area contributed by atoms with E-state index in [9.17, 15) is 14.9 Å². The number of hydrogen-bond donors (Lipinski definition) is 2. The first kappa shape index (κ1) is 24.9. The monoisotopic (exact) mass is 519 g/mol. The summed E-state index contributed by atoms with van der Waals surface area (Å²) in [4.78, 5) is 28.5. The van der Waals surface area contributed by atoms with Crippen molar-refractivity contribution in [3.05, 3.63) is 39.9 Å². The van der Waals surface area contributed by atoms with E-state index < -0.39 is 4.92 Å². The quantitative estimate of drug-likeness (QED) is 0.196. The summed E-state index contributed by atoms with van der Waals surface area (Å²) in [6.07, 6.45) is 1.37. The van der Waals surface area contributed by atoms with Crippen molar-refractivity contribution in [2.24, 2.45) is 4.99 Å². The summed E-state index contributed by atoms with van der Waals surface area (Å²) in [6, 6.07) is 6.83. The van der Waals surface area contributed by atoms with Crippen molar-refractivity contribution in [1.29, 1.82) is 0 Å². The third-order valence-corrected chi connectivity index (χ3v) is 4.35. The van der Waals surface area contributed by atoms with Gasteiger partial charge in [-0.05, 0) is 39.2 Å². The number of nitrogens with one attached hydrogen (secondary N) is 2. The topological polar surface area (TPSA) is 109 Å². The number of nitro benzene ring substituents is 1. The fourth-order valence-electron chi connectivity index (χ4n) is 2.91. The first-order valence-electron chi connectivity index (χ1n) is 9.61. The molecule has 0 saturated carbocycles. The number of amides is 1. The zero-order valence-corrected chi connectivity index (χ0v) is 19.4. The number of aliphatic imine (C=N–C) groups is 1. The number of halogens is 1. The minimum Gasteiger partial charge on any atom is -0.450 e. The fraction of sp³-hybridized carbons (Fsp3) is 0.579. The van der Waals surface area contributed by atoms with E-state index in [0.717, 1.165) is 18.4 Å². The lowest BCUT2D eigenvalue weighted by Crippen LogP contribution is -2.51. The van der Waals surface area contributed by atoms with Crippen LogP contribution in [0.5, 0.6) is 0 Å². The second-order valence-electron chi connectivity index (χ2n) is 6.99. The molecule has 1 aliphatic rings. The molecular formula is C19H30IN5O4.